The molecule has 5 nitrogen and oxygen atoms in total. The molecule has 6 heteroatoms. The Hall–Kier alpha value is -0.880. The Morgan fingerprint density at radius 1 is 1.41 bits per heavy atom. The molecule has 0 N–H and O–H groups in total. The summed E-state index contributed by atoms with van der Waals surface area (Å²) in [7, 11) is -3.30. The monoisotopic (exact) mass is 257 g/mol. The van der Waals surface area contributed by atoms with E-state index in [4.69, 9.17) is 0 Å². The molecule has 0 radical (unpaired) electrons. The minimum absolute atomic E-state index is 0.0147. The smallest absolute Gasteiger partial charge is 0.251 e. The average Bonchev–Trinajstić information content (AvgIpc) is 2.63. The Morgan fingerprint density at radius 2 is 2.00 bits per heavy atom. The molecule has 1 aliphatic heterocycles. The van der Waals surface area contributed by atoms with Gasteiger partial charge in [-0.05, 0) is 27.7 Å². The van der Waals surface area contributed by atoms with Crippen LogP contribution in [0.15, 0.2) is 6.20 Å². The van der Waals surface area contributed by atoms with Gasteiger partial charge in [0.2, 0.25) is 0 Å². The van der Waals surface area contributed by atoms with Crippen LogP contribution in [0.5, 0.6) is 0 Å². The van der Waals surface area contributed by atoms with Crippen molar-refractivity contribution in [2.45, 2.75) is 45.8 Å². The summed E-state index contributed by atoms with van der Waals surface area (Å²) < 4.78 is 24.4. The molecule has 0 aromatic carbocycles. The van der Waals surface area contributed by atoms with Gasteiger partial charge in [-0.15, -0.1) is 0 Å². The lowest BCUT2D eigenvalue weighted by atomic mass is 10.0. The number of hydrogen-bond donors (Lipinski definition) is 0. The molecule has 0 saturated heterocycles. The predicted octanol–water partition coefficient (Wildman–Crippen LogP) is 1.37. The summed E-state index contributed by atoms with van der Waals surface area (Å²) in [6, 6.07) is 0.209. The Morgan fingerprint density at radius 3 is 2.47 bits per heavy atom. The minimum atomic E-state index is -3.30. The summed E-state index contributed by atoms with van der Waals surface area (Å²) in [5, 5.41) is 3.98. The van der Waals surface area contributed by atoms with E-state index in [0.29, 0.717) is 6.54 Å². The van der Waals surface area contributed by atoms with E-state index in [1.54, 1.807) is 6.20 Å². The summed E-state index contributed by atoms with van der Waals surface area (Å²) in [6.45, 7) is 9.12. The van der Waals surface area contributed by atoms with Gasteiger partial charge in [-0.2, -0.15) is 9.19 Å². The van der Waals surface area contributed by atoms with Gasteiger partial charge in [0.25, 0.3) is 10.0 Å². The van der Waals surface area contributed by atoms with Crippen LogP contribution in [0.1, 0.15) is 45.0 Å². The van der Waals surface area contributed by atoms with Crippen LogP contribution in [0.4, 0.5) is 0 Å². The minimum Gasteiger partial charge on any atom is -0.286 e. The van der Waals surface area contributed by atoms with Gasteiger partial charge < -0.3 is 0 Å². The summed E-state index contributed by atoms with van der Waals surface area (Å²) in [6.07, 6.45) is 2.86. The van der Waals surface area contributed by atoms with Crippen LogP contribution < -0.4 is 0 Å². The second-order valence-corrected chi connectivity index (χ2v) is 7.44. The van der Waals surface area contributed by atoms with Crippen molar-refractivity contribution >= 4 is 10.0 Å². The Kier molecular flexibility index (Phi) is 2.63. The molecule has 2 heterocycles. The third-order valence-corrected chi connectivity index (χ3v) is 4.22. The van der Waals surface area contributed by atoms with Gasteiger partial charge in [-0.1, -0.05) is 0 Å². The van der Waals surface area contributed by atoms with E-state index in [2.05, 4.69) is 37.7 Å². The summed E-state index contributed by atoms with van der Waals surface area (Å²) in [5.41, 5.74) is 1.83. The van der Waals surface area contributed by atoms with Crippen LogP contribution in [-0.2, 0) is 16.6 Å². The van der Waals surface area contributed by atoms with Crippen molar-refractivity contribution < 1.29 is 8.42 Å². The molecule has 1 aromatic heterocycles. The van der Waals surface area contributed by atoms with Crippen molar-refractivity contribution in [1.29, 1.82) is 0 Å². The lowest BCUT2D eigenvalue weighted by Gasteiger charge is -2.35. The molecule has 0 spiro atoms. The average molecular weight is 257 g/mol. The summed E-state index contributed by atoms with van der Waals surface area (Å²) >= 11 is 0. The summed E-state index contributed by atoms with van der Waals surface area (Å²) in [4.78, 5) is 2.28. The normalized spacial score (nSPS) is 21.8. The van der Waals surface area contributed by atoms with Gasteiger partial charge >= 0.3 is 0 Å². The maximum atomic E-state index is 11.6. The first-order valence-electron chi connectivity index (χ1n) is 5.66. The van der Waals surface area contributed by atoms with Crippen LogP contribution in [0.3, 0.4) is 0 Å². The molecule has 1 atom stereocenters. The first kappa shape index (κ1) is 12.6. The van der Waals surface area contributed by atoms with Crippen molar-refractivity contribution in [3.05, 3.63) is 17.5 Å². The maximum absolute atomic E-state index is 11.6. The van der Waals surface area contributed by atoms with Crippen molar-refractivity contribution in [2.24, 2.45) is 0 Å². The molecule has 17 heavy (non-hydrogen) atoms. The van der Waals surface area contributed by atoms with Gasteiger partial charge in [0.15, 0.2) is 0 Å². The molecule has 0 aliphatic carbocycles. The molecular weight excluding hydrogens is 238 g/mol. The Labute approximate surface area is 102 Å². The fourth-order valence-corrected chi connectivity index (χ4v) is 3.22. The second kappa shape index (κ2) is 3.55. The lowest BCUT2D eigenvalue weighted by molar-refractivity contribution is 0.0982. The van der Waals surface area contributed by atoms with E-state index in [1.165, 1.54) is 6.26 Å². The molecule has 0 bridgehead atoms. The highest BCUT2D eigenvalue weighted by Crippen LogP contribution is 2.38. The molecule has 0 saturated carbocycles. The standard InChI is InChI=1S/C11H19N3O2S/c1-8-9-6-12-14(17(5,15)16)10(9)7-13(8)11(2,3)4/h6,8H,7H2,1-5H3/t8-/m1/s1. The zero-order chi connectivity index (χ0) is 13.0. The zero-order valence-electron chi connectivity index (χ0n) is 10.9. The molecule has 96 valence electrons. The molecule has 1 aliphatic rings. The van der Waals surface area contributed by atoms with Gasteiger partial charge in [0.1, 0.15) is 0 Å². The van der Waals surface area contributed by atoms with Crippen molar-refractivity contribution in [3.8, 4) is 0 Å². The van der Waals surface area contributed by atoms with Gasteiger partial charge in [-0.25, -0.2) is 8.42 Å². The van der Waals surface area contributed by atoms with E-state index in [9.17, 15) is 8.42 Å². The molecule has 2 rings (SSSR count). The van der Waals surface area contributed by atoms with Crippen molar-refractivity contribution in [3.63, 3.8) is 0 Å². The number of aromatic nitrogens is 2. The van der Waals surface area contributed by atoms with Gasteiger partial charge in [-0.3, -0.25) is 4.90 Å². The maximum Gasteiger partial charge on any atom is 0.251 e. The highest BCUT2D eigenvalue weighted by Gasteiger charge is 2.37. The van der Waals surface area contributed by atoms with E-state index in [-0.39, 0.29) is 11.6 Å². The molecule has 0 amide bonds. The number of hydrogen-bond acceptors (Lipinski definition) is 4. The summed E-state index contributed by atoms with van der Waals surface area (Å²) in [5.74, 6) is 0. The van der Waals surface area contributed by atoms with E-state index in [0.717, 1.165) is 15.3 Å². The quantitative estimate of drug-likeness (QED) is 0.762. The highest BCUT2D eigenvalue weighted by atomic mass is 32.2. The van der Waals surface area contributed by atoms with Crippen LogP contribution in [0.25, 0.3) is 0 Å². The van der Waals surface area contributed by atoms with Crippen LogP contribution in [0.2, 0.25) is 0 Å². The third-order valence-electron chi connectivity index (χ3n) is 3.28. The Balaban J connectivity index is 2.47. The lowest BCUT2D eigenvalue weighted by Crippen LogP contribution is -2.39. The van der Waals surface area contributed by atoms with Gasteiger partial charge in [0.05, 0.1) is 18.1 Å². The third kappa shape index (κ3) is 1.99. The van der Waals surface area contributed by atoms with E-state index in [1.807, 2.05) is 0 Å². The van der Waals surface area contributed by atoms with Crippen LogP contribution in [-0.4, -0.2) is 34.3 Å². The first-order valence-corrected chi connectivity index (χ1v) is 7.51. The molecular formula is C11H19N3O2S. The first-order chi connectivity index (χ1) is 7.62. The molecule has 1 aromatic rings. The van der Waals surface area contributed by atoms with E-state index < -0.39 is 10.0 Å². The number of nitrogens with zero attached hydrogens (tertiary/aromatic N) is 3. The van der Waals surface area contributed by atoms with Crippen LogP contribution in [0, 0.1) is 0 Å². The fraction of sp³-hybridized carbons (Fsp3) is 0.727. The molecule has 0 fully saturated rings. The SMILES string of the molecule is C[C@@H]1c2cnn(S(C)(=O)=O)c2CN1C(C)(C)C. The van der Waals surface area contributed by atoms with Crippen LogP contribution >= 0.6 is 0 Å². The van der Waals surface area contributed by atoms with Crippen molar-refractivity contribution in [1.82, 2.24) is 14.1 Å². The zero-order valence-corrected chi connectivity index (χ0v) is 11.7. The molecule has 0 unspecified atom stereocenters. The number of fused-ring (bicyclic) bond motifs is 1. The predicted molar refractivity (Wildman–Crippen MR) is 66.2 cm³/mol. The largest absolute Gasteiger partial charge is 0.286 e. The van der Waals surface area contributed by atoms with E-state index >= 15 is 0 Å². The van der Waals surface area contributed by atoms with Crippen molar-refractivity contribution in [2.75, 3.05) is 6.26 Å². The topological polar surface area (TPSA) is 55.2 Å². The second-order valence-electron chi connectivity index (χ2n) is 5.63. The fourth-order valence-electron chi connectivity index (χ4n) is 2.44. The highest BCUT2D eigenvalue weighted by molar-refractivity contribution is 7.89. The Bertz CT molecular complexity index is 540. The van der Waals surface area contributed by atoms with Gasteiger partial charge in [0, 0.05) is 23.7 Å². The number of rotatable bonds is 1.